The van der Waals surface area contributed by atoms with Crippen LogP contribution in [0.5, 0.6) is 11.5 Å². The van der Waals surface area contributed by atoms with Gasteiger partial charge in [0.2, 0.25) is 4.80 Å². The lowest BCUT2D eigenvalue weighted by Crippen LogP contribution is -2.12. The summed E-state index contributed by atoms with van der Waals surface area (Å²) in [5, 5.41) is 16.4. The van der Waals surface area contributed by atoms with Crippen LogP contribution < -0.4 is 9.54 Å². The fraction of sp³-hybridized carbons (Fsp3) is 0.100. The van der Waals surface area contributed by atoms with E-state index in [2.05, 4.69) is 16.7 Å². The third-order valence-electron chi connectivity index (χ3n) is 3.73. The van der Waals surface area contributed by atoms with Crippen LogP contribution in [0.2, 0.25) is 0 Å². The zero-order valence-electron chi connectivity index (χ0n) is 14.7. The average Bonchev–Trinajstić information content (AvgIpc) is 3.09. The van der Waals surface area contributed by atoms with Crippen molar-refractivity contribution < 1.29 is 14.2 Å². The number of hydrogen-bond donors (Lipinski definition) is 1. The third kappa shape index (κ3) is 4.32. The van der Waals surface area contributed by atoms with Crippen molar-refractivity contribution in [3.8, 4) is 22.8 Å². The zero-order chi connectivity index (χ0) is 19.2. The van der Waals surface area contributed by atoms with Gasteiger partial charge < -0.3 is 9.84 Å². The second-order valence-electron chi connectivity index (χ2n) is 5.52. The highest BCUT2D eigenvalue weighted by atomic mass is 32.1. The Bertz CT molecular complexity index is 1040. The first-order valence-electron chi connectivity index (χ1n) is 8.11. The molecule has 1 N–H and O–H groups in total. The topological polar surface area (TPSA) is 59.1 Å². The fourth-order valence-electron chi connectivity index (χ4n) is 2.36. The predicted molar refractivity (Wildman–Crippen MR) is 106 cm³/mol. The Morgan fingerprint density at radius 1 is 1.26 bits per heavy atom. The van der Waals surface area contributed by atoms with Gasteiger partial charge in [0.25, 0.3) is 0 Å². The van der Waals surface area contributed by atoms with Crippen molar-refractivity contribution >= 4 is 17.6 Å². The Morgan fingerprint density at radius 3 is 2.74 bits per heavy atom. The first-order valence-corrected chi connectivity index (χ1v) is 8.99. The smallest absolute Gasteiger partial charge is 0.206 e. The molecule has 0 spiro atoms. The summed E-state index contributed by atoms with van der Waals surface area (Å²) in [5.41, 5.74) is 2.08. The van der Waals surface area contributed by atoms with E-state index < -0.39 is 0 Å². The van der Waals surface area contributed by atoms with Crippen molar-refractivity contribution in [1.29, 1.82) is 0 Å². The Labute approximate surface area is 160 Å². The summed E-state index contributed by atoms with van der Waals surface area (Å²) in [7, 11) is 1.56. The molecule has 0 bridgehead atoms. The van der Waals surface area contributed by atoms with E-state index in [0.717, 1.165) is 11.3 Å². The highest BCUT2D eigenvalue weighted by Gasteiger charge is 2.08. The molecule has 0 saturated heterocycles. The molecule has 27 heavy (non-hydrogen) atoms. The Kier molecular flexibility index (Phi) is 5.83. The molecule has 0 aliphatic heterocycles. The highest BCUT2D eigenvalue weighted by molar-refractivity contribution is 7.07. The van der Waals surface area contributed by atoms with Crippen LogP contribution in [0.25, 0.3) is 11.3 Å². The van der Waals surface area contributed by atoms with E-state index in [1.165, 1.54) is 29.7 Å². The molecule has 7 heteroatoms. The molecule has 0 aliphatic carbocycles. The maximum Gasteiger partial charge on any atom is 0.206 e. The third-order valence-corrected chi connectivity index (χ3v) is 4.58. The fourth-order valence-corrected chi connectivity index (χ4v) is 3.21. The number of aromatic hydroxyl groups is 1. The van der Waals surface area contributed by atoms with Crippen LogP contribution in [0.15, 0.2) is 70.6 Å². The van der Waals surface area contributed by atoms with Crippen molar-refractivity contribution in [2.45, 2.75) is 0 Å². The van der Waals surface area contributed by atoms with E-state index in [1.807, 2.05) is 5.38 Å². The lowest BCUT2D eigenvalue weighted by Gasteiger charge is -2.05. The molecule has 2 aromatic carbocycles. The Morgan fingerprint density at radius 2 is 2.04 bits per heavy atom. The van der Waals surface area contributed by atoms with Crippen molar-refractivity contribution in [3.63, 3.8) is 0 Å². The number of nitrogens with zero attached hydrogens (tertiary/aromatic N) is 3. The van der Waals surface area contributed by atoms with Gasteiger partial charge in [0.05, 0.1) is 25.6 Å². The maximum atomic E-state index is 13.3. The SMILES string of the molecule is C=CCN=c1scc(-c2ccc(F)cc2)n1N=Cc1cc(OC)ccc1O. The van der Waals surface area contributed by atoms with Crippen molar-refractivity contribution in [2.24, 2.45) is 10.1 Å². The molecule has 5 nitrogen and oxygen atoms in total. The standard InChI is InChI=1S/C20H18FN3O2S/c1-3-10-22-20-24(18(13-27-20)14-4-6-16(21)7-5-14)23-12-15-11-17(26-2)8-9-19(15)25/h3-9,11-13,25H,1,10H2,2H3. The number of phenolic OH excluding ortho intramolecular Hbond substituents is 1. The number of benzene rings is 2. The van der Waals surface area contributed by atoms with Crippen LogP contribution in [0.4, 0.5) is 4.39 Å². The second-order valence-corrected chi connectivity index (χ2v) is 6.36. The van der Waals surface area contributed by atoms with Gasteiger partial charge in [-0.2, -0.15) is 5.10 Å². The number of halogens is 1. The van der Waals surface area contributed by atoms with Gasteiger partial charge in [-0.25, -0.2) is 9.07 Å². The molecule has 0 atom stereocenters. The van der Waals surface area contributed by atoms with Crippen molar-refractivity contribution in [2.75, 3.05) is 13.7 Å². The minimum absolute atomic E-state index is 0.0864. The zero-order valence-corrected chi connectivity index (χ0v) is 15.5. The lowest BCUT2D eigenvalue weighted by molar-refractivity contribution is 0.412. The maximum absolute atomic E-state index is 13.3. The van der Waals surface area contributed by atoms with Gasteiger partial charge in [0, 0.05) is 16.5 Å². The number of aromatic nitrogens is 1. The Balaban J connectivity index is 2.08. The molecule has 0 radical (unpaired) electrons. The molecule has 0 amide bonds. The number of hydrogen-bond acceptors (Lipinski definition) is 5. The lowest BCUT2D eigenvalue weighted by atomic mass is 10.2. The summed E-state index contributed by atoms with van der Waals surface area (Å²) < 4.78 is 20.1. The summed E-state index contributed by atoms with van der Waals surface area (Å²) in [6.45, 7) is 4.13. The van der Waals surface area contributed by atoms with E-state index in [1.54, 1.807) is 48.2 Å². The van der Waals surface area contributed by atoms with Crippen LogP contribution in [-0.4, -0.2) is 29.7 Å². The minimum atomic E-state index is -0.304. The summed E-state index contributed by atoms with van der Waals surface area (Å²) in [4.78, 5) is 5.11. The van der Waals surface area contributed by atoms with Crippen molar-refractivity contribution in [3.05, 3.63) is 76.7 Å². The minimum Gasteiger partial charge on any atom is -0.507 e. The van der Waals surface area contributed by atoms with Gasteiger partial charge in [-0.3, -0.25) is 4.99 Å². The first kappa shape index (κ1) is 18.6. The van der Waals surface area contributed by atoms with E-state index in [-0.39, 0.29) is 11.6 Å². The molecule has 3 rings (SSSR count). The van der Waals surface area contributed by atoms with Gasteiger partial charge >= 0.3 is 0 Å². The van der Waals surface area contributed by atoms with Gasteiger partial charge in [0.1, 0.15) is 17.3 Å². The number of phenols is 1. The van der Waals surface area contributed by atoms with Crippen LogP contribution in [0, 0.1) is 5.82 Å². The van der Waals surface area contributed by atoms with Gasteiger partial charge in [0.15, 0.2) is 0 Å². The number of rotatable bonds is 6. The van der Waals surface area contributed by atoms with E-state index in [0.29, 0.717) is 22.7 Å². The second kappa shape index (κ2) is 8.46. The van der Waals surface area contributed by atoms with Gasteiger partial charge in [-0.15, -0.1) is 17.9 Å². The molecular formula is C20H18FN3O2S. The van der Waals surface area contributed by atoms with E-state index in [4.69, 9.17) is 4.74 Å². The molecular weight excluding hydrogens is 365 g/mol. The molecule has 1 heterocycles. The van der Waals surface area contributed by atoms with E-state index >= 15 is 0 Å². The average molecular weight is 383 g/mol. The van der Waals surface area contributed by atoms with Gasteiger partial charge in [-0.1, -0.05) is 6.08 Å². The summed E-state index contributed by atoms with van der Waals surface area (Å²) >= 11 is 1.42. The van der Waals surface area contributed by atoms with Crippen LogP contribution in [-0.2, 0) is 0 Å². The van der Waals surface area contributed by atoms with Crippen LogP contribution >= 0.6 is 11.3 Å². The molecule has 3 aromatic rings. The molecule has 0 unspecified atom stereocenters. The van der Waals surface area contributed by atoms with E-state index in [9.17, 15) is 9.50 Å². The largest absolute Gasteiger partial charge is 0.507 e. The normalized spacial score (nSPS) is 11.9. The summed E-state index contributed by atoms with van der Waals surface area (Å²) in [6, 6.07) is 11.1. The summed E-state index contributed by atoms with van der Waals surface area (Å²) in [5.74, 6) is 0.394. The molecule has 1 aromatic heterocycles. The monoisotopic (exact) mass is 383 g/mol. The number of ether oxygens (including phenoxy) is 1. The van der Waals surface area contributed by atoms with Crippen molar-refractivity contribution in [1.82, 2.24) is 4.68 Å². The Hall–Kier alpha value is -3.19. The van der Waals surface area contributed by atoms with Gasteiger partial charge in [-0.05, 0) is 42.5 Å². The molecule has 138 valence electrons. The number of methoxy groups -OCH3 is 1. The van der Waals surface area contributed by atoms with Crippen LogP contribution in [0.3, 0.4) is 0 Å². The quantitative estimate of drug-likeness (QED) is 0.516. The molecule has 0 aliphatic rings. The molecule has 0 saturated carbocycles. The highest BCUT2D eigenvalue weighted by Crippen LogP contribution is 2.23. The summed E-state index contributed by atoms with van der Waals surface area (Å²) in [6.07, 6.45) is 3.23. The first-order chi connectivity index (χ1) is 13.1. The molecule has 0 fully saturated rings. The van der Waals surface area contributed by atoms with Crippen LogP contribution in [0.1, 0.15) is 5.56 Å². The predicted octanol–water partition coefficient (Wildman–Crippen LogP) is 4.04. The number of thiazole rings is 1.